The Morgan fingerprint density at radius 2 is 1.76 bits per heavy atom. The molecule has 1 aliphatic rings. The Bertz CT molecular complexity index is 699. The average Bonchev–Trinajstić information content (AvgIpc) is 2.79. The van der Waals surface area contributed by atoms with E-state index in [2.05, 4.69) is 5.32 Å². The van der Waals surface area contributed by atoms with Crippen LogP contribution in [0.3, 0.4) is 0 Å². The fraction of sp³-hybridized carbons (Fsp3) is 0.588. The van der Waals surface area contributed by atoms with Gasteiger partial charge >= 0.3 is 6.03 Å². The van der Waals surface area contributed by atoms with Crippen LogP contribution < -0.4 is 5.32 Å². The lowest BCUT2D eigenvalue weighted by Gasteiger charge is -2.25. The zero-order valence-electron chi connectivity index (χ0n) is 15.0. The van der Waals surface area contributed by atoms with Gasteiger partial charge in [-0.3, -0.25) is 0 Å². The van der Waals surface area contributed by atoms with Crippen LogP contribution in [-0.4, -0.2) is 56.4 Å². The molecule has 0 bridgehead atoms. The van der Waals surface area contributed by atoms with Crippen molar-refractivity contribution in [2.24, 2.45) is 5.41 Å². The van der Waals surface area contributed by atoms with Gasteiger partial charge in [0.15, 0.2) is 0 Å². The van der Waals surface area contributed by atoms with Crippen LogP contribution in [0.1, 0.15) is 27.2 Å². The third-order valence-electron chi connectivity index (χ3n) is 3.96. The van der Waals surface area contributed by atoms with Crippen molar-refractivity contribution >= 4 is 16.1 Å². The fourth-order valence-corrected chi connectivity index (χ4v) is 4.02. The molecule has 1 aromatic carbocycles. The van der Waals surface area contributed by atoms with Crippen molar-refractivity contribution in [1.82, 2.24) is 14.5 Å². The molecular formula is C17H26FN3O3S. The Hall–Kier alpha value is -1.67. The molecule has 0 aromatic heterocycles. The van der Waals surface area contributed by atoms with Gasteiger partial charge in [0.1, 0.15) is 5.82 Å². The molecule has 2 amide bonds. The maximum Gasteiger partial charge on any atom is 0.317 e. The Kier molecular flexibility index (Phi) is 6.05. The van der Waals surface area contributed by atoms with Gasteiger partial charge < -0.3 is 10.2 Å². The highest BCUT2D eigenvalue weighted by Crippen LogP contribution is 2.18. The molecule has 0 saturated carbocycles. The van der Waals surface area contributed by atoms with Crippen molar-refractivity contribution in [2.75, 3.05) is 32.7 Å². The van der Waals surface area contributed by atoms with Crippen LogP contribution >= 0.6 is 0 Å². The molecule has 25 heavy (non-hydrogen) atoms. The normalized spacial score (nSPS) is 17.2. The van der Waals surface area contributed by atoms with Gasteiger partial charge in [0.25, 0.3) is 0 Å². The molecule has 6 nitrogen and oxygen atoms in total. The predicted octanol–water partition coefficient (Wildman–Crippen LogP) is 2.28. The highest BCUT2D eigenvalue weighted by molar-refractivity contribution is 7.89. The highest BCUT2D eigenvalue weighted by Gasteiger charge is 2.28. The van der Waals surface area contributed by atoms with E-state index in [4.69, 9.17) is 0 Å². The van der Waals surface area contributed by atoms with Crippen molar-refractivity contribution in [1.29, 1.82) is 0 Å². The first-order chi connectivity index (χ1) is 11.6. The standard InChI is InChI=1S/C17H26FN3O3S/c1-17(2,3)13-19-16(22)20-9-4-10-21(12-11-20)25(23,24)15-7-5-14(18)6-8-15/h5-8H,4,9-13H2,1-3H3,(H,19,22). The number of carbonyl (C=O) groups excluding carboxylic acids is 1. The number of hydrogen-bond donors (Lipinski definition) is 1. The number of halogens is 1. The number of amides is 2. The Morgan fingerprint density at radius 3 is 2.36 bits per heavy atom. The van der Waals surface area contributed by atoms with Crippen LogP contribution in [0, 0.1) is 11.2 Å². The van der Waals surface area contributed by atoms with Crippen LogP contribution in [0.2, 0.25) is 0 Å². The smallest absolute Gasteiger partial charge is 0.317 e. The summed E-state index contributed by atoms with van der Waals surface area (Å²) >= 11 is 0. The molecule has 1 fully saturated rings. The molecular weight excluding hydrogens is 345 g/mol. The first-order valence-electron chi connectivity index (χ1n) is 8.38. The summed E-state index contributed by atoms with van der Waals surface area (Å²) in [5.41, 5.74) is -0.0144. The fourth-order valence-electron chi connectivity index (χ4n) is 2.55. The predicted molar refractivity (Wildman–Crippen MR) is 94.2 cm³/mol. The van der Waals surface area contributed by atoms with E-state index in [1.165, 1.54) is 16.4 Å². The summed E-state index contributed by atoms with van der Waals surface area (Å²) in [5.74, 6) is -0.475. The van der Waals surface area contributed by atoms with Crippen molar-refractivity contribution in [2.45, 2.75) is 32.1 Å². The maximum absolute atomic E-state index is 13.0. The lowest BCUT2D eigenvalue weighted by atomic mass is 9.97. The summed E-state index contributed by atoms with van der Waals surface area (Å²) in [4.78, 5) is 14.0. The van der Waals surface area contributed by atoms with E-state index in [0.717, 1.165) is 12.1 Å². The average molecular weight is 371 g/mol. The lowest BCUT2D eigenvalue weighted by molar-refractivity contribution is 0.195. The topological polar surface area (TPSA) is 69.7 Å². The van der Waals surface area contributed by atoms with E-state index < -0.39 is 15.8 Å². The van der Waals surface area contributed by atoms with Crippen molar-refractivity contribution in [3.63, 3.8) is 0 Å². The number of benzene rings is 1. The summed E-state index contributed by atoms with van der Waals surface area (Å²) in [6, 6.07) is 4.64. The Labute approximate surface area is 149 Å². The number of carbonyl (C=O) groups is 1. The Morgan fingerprint density at radius 1 is 1.12 bits per heavy atom. The second-order valence-electron chi connectivity index (χ2n) is 7.42. The first-order valence-corrected chi connectivity index (χ1v) is 9.82. The zero-order chi connectivity index (χ0) is 18.7. The SMILES string of the molecule is CC(C)(C)CNC(=O)N1CCCN(S(=O)(=O)c2ccc(F)cc2)CC1. The monoisotopic (exact) mass is 371 g/mol. The highest BCUT2D eigenvalue weighted by atomic mass is 32.2. The van der Waals surface area contributed by atoms with Gasteiger partial charge in [0.05, 0.1) is 4.90 Å². The molecule has 2 rings (SSSR count). The number of sulfonamides is 1. The minimum Gasteiger partial charge on any atom is -0.337 e. The molecule has 1 aromatic rings. The minimum atomic E-state index is -3.68. The van der Waals surface area contributed by atoms with Gasteiger partial charge in [-0.15, -0.1) is 0 Å². The lowest BCUT2D eigenvalue weighted by Crippen LogP contribution is -2.44. The quantitative estimate of drug-likeness (QED) is 0.886. The minimum absolute atomic E-state index is 0.0144. The molecule has 1 saturated heterocycles. The van der Waals surface area contributed by atoms with E-state index in [1.54, 1.807) is 4.90 Å². The van der Waals surface area contributed by atoms with E-state index in [1.807, 2.05) is 20.8 Å². The molecule has 0 radical (unpaired) electrons. The van der Waals surface area contributed by atoms with E-state index in [9.17, 15) is 17.6 Å². The van der Waals surface area contributed by atoms with Gasteiger partial charge in [-0.05, 0) is 36.1 Å². The number of hydrogen-bond acceptors (Lipinski definition) is 3. The number of rotatable bonds is 3. The largest absolute Gasteiger partial charge is 0.337 e. The summed E-state index contributed by atoms with van der Waals surface area (Å²) in [7, 11) is -3.68. The molecule has 1 aliphatic heterocycles. The van der Waals surface area contributed by atoms with E-state index >= 15 is 0 Å². The molecule has 8 heteroatoms. The van der Waals surface area contributed by atoms with Crippen LogP contribution in [0.4, 0.5) is 9.18 Å². The van der Waals surface area contributed by atoms with Gasteiger partial charge in [-0.25, -0.2) is 17.6 Å². The maximum atomic E-state index is 13.0. The third-order valence-corrected chi connectivity index (χ3v) is 5.88. The number of nitrogens with one attached hydrogen (secondary N) is 1. The van der Waals surface area contributed by atoms with E-state index in [-0.39, 0.29) is 22.9 Å². The Balaban J connectivity index is 2.01. The first kappa shape index (κ1) is 19.7. The molecule has 1 N–H and O–H groups in total. The molecule has 1 heterocycles. The summed E-state index contributed by atoms with van der Waals surface area (Å²) in [5, 5.41) is 2.89. The van der Waals surface area contributed by atoms with Crippen LogP contribution in [-0.2, 0) is 10.0 Å². The van der Waals surface area contributed by atoms with E-state index in [0.29, 0.717) is 32.6 Å². The second-order valence-corrected chi connectivity index (χ2v) is 9.36. The van der Waals surface area contributed by atoms with Crippen molar-refractivity contribution < 1.29 is 17.6 Å². The zero-order valence-corrected chi connectivity index (χ0v) is 15.8. The summed E-state index contributed by atoms with van der Waals surface area (Å²) in [6.07, 6.45) is 0.559. The van der Waals surface area contributed by atoms with Crippen LogP contribution in [0.15, 0.2) is 29.2 Å². The summed E-state index contributed by atoms with van der Waals surface area (Å²) < 4.78 is 39.7. The van der Waals surface area contributed by atoms with Gasteiger partial charge in [-0.1, -0.05) is 20.8 Å². The van der Waals surface area contributed by atoms with Gasteiger partial charge in [0.2, 0.25) is 10.0 Å². The van der Waals surface area contributed by atoms with Crippen LogP contribution in [0.25, 0.3) is 0 Å². The third kappa shape index (κ3) is 5.40. The molecule has 0 aliphatic carbocycles. The molecule has 0 spiro atoms. The van der Waals surface area contributed by atoms with Crippen molar-refractivity contribution in [3.8, 4) is 0 Å². The number of nitrogens with zero attached hydrogens (tertiary/aromatic N) is 2. The van der Waals surface area contributed by atoms with Gasteiger partial charge in [-0.2, -0.15) is 4.31 Å². The molecule has 140 valence electrons. The summed E-state index contributed by atoms with van der Waals surface area (Å²) in [6.45, 7) is 8.05. The van der Waals surface area contributed by atoms with Crippen molar-refractivity contribution in [3.05, 3.63) is 30.1 Å². The molecule has 0 unspecified atom stereocenters. The van der Waals surface area contributed by atoms with Crippen LogP contribution in [0.5, 0.6) is 0 Å². The second kappa shape index (κ2) is 7.70. The van der Waals surface area contributed by atoms with Gasteiger partial charge in [0, 0.05) is 32.7 Å². The molecule has 0 atom stereocenters. The number of urea groups is 1.